The second-order valence-electron chi connectivity index (χ2n) is 6.92. The van der Waals surface area contributed by atoms with Crippen molar-refractivity contribution in [3.8, 4) is 5.75 Å². The summed E-state index contributed by atoms with van der Waals surface area (Å²) in [5.41, 5.74) is 1.20. The fraction of sp³-hybridized carbons (Fsp3) is 0.667. The van der Waals surface area contributed by atoms with E-state index >= 15 is 0 Å². The van der Waals surface area contributed by atoms with Crippen molar-refractivity contribution in [1.82, 2.24) is 10.2 Å². The Morgan fingerprint density at radius 3 is 2.82 bits per heavy atom. The van der Waals surface area contributed by atoms with Crippen LogP contribution in [0.2, 0.25) is 0 Å². The van der Waals surface area contributed by atoms with Crippen LogP contribution in [-0.4, -0.2) is 49.9 Å². The Labute approximate surface area is 133 Å². The molecule has 1 aromatic carbocycles. The van der Waals surface area contributed by atoms with Crippen LogP contribution in [0.15, 0.2) is 24.3 Å². The average Bonchev–Trinajstić information content (AvgIpc) is 2.51. The zero-order valence-corrected chi connectivity index (χ0v) is 13.8. The Kier molecular flexibility index (Phi) is 5.01. The van der Waals surface area contributed by atoms with E-state index in [1.54, 1.807) is 0 Å². The third-order valence-electron chi connectivity index (χ3n) is 4.52. The van der Waals surface area contributed by atoms with Crippen LogP contribution in [-0.2, 0) is 4.74 Å². The molecule has 0 saturated carbocycles. The molecule has 3 rings (SSSR count). The third-order valence-corrected chi connectivity index (χ3v) is 4.52. The highest BCUT2D eigenvalue weighted by atomic mass is 16.5. The van der Waals surface area contributed by atoms with Crippen molar-refractivity contribution in [2.75, 3.05) is 39.4 Å². The van der Waals surface area contributed by atoms with Gasteiger partial charge in [-0.3, -0.25) is 4.90 Å². The first-order chi connectivity index (χ1) is 10.6. The van der Waals surface area contributed by atoms with Gasteiger partial charge in [0.25, 0.3) is 0 Å². The van der Waals surface area contributed by atoms with Crippen LogP contribution in [0.5, 0.6) is 5.75 Å². The molecule has 22 heavy (non-hydrogen) atoms. The zero-order valence-electron chi connectivity index (χ0n) is 13.8. The molecule has 0 amide bonds. The van der Waals surface area contributed by atoms with Crippen LogP contribution in [0, 0.1) is 0 Å². The van der Waals surface area contributed by atoms with Gasteiger partial charge >= 0.3 is 0 Å². The van der Waals surface area contributed by atoms with Crippen molar-refractivity contribution < 1.29 is 9.47 Å². The molecular formula is C18H28N2O2. The number of nitrogens with zero attached hydrogens (tertiary/aromatic N) is 1. The molecule has 0 radical (unpaired) electrons. The largest absolute Gasteiger partial charge is 0.487 e. The molecule has 1 N–H and O–H groups in total. The predicted octanol–water partition coefficient (Wildman–Crippen LogP) is 2.60. The second-order valence-corrected chi connectivity index (χ2v) is 6.92. The molecule has 1 saturated heterocycles. The quantitative estimate of drug-likeness (QED) is 0.848. The van der Waals surface area contributed by atoms with E-state index in [0.717, 1.165) is 51.6 Å². The van der Waals surface area contributed by atoms with E-state index in [4.69, 9.17) is 9.47 Å². The number of morpholine rings is 1. The lowest BCUT2D eigenvalue weighted by Gasteiger charge is -2.38. The molecule has 1 fully saturated rings. The lowest BCUT2D eigenvalue weighted by atomic mass is 9.89. The molecule has 2 heterocycles. The van der Waals surface area contributed by atoms with Gasteiger partial charge in [0.2, 0.25) is 0 Å². The highest BCUT2D eigenvalue weighted by Crippen LogP contribution is 2.39. The first kappa shape index (κ1) is 15.8. The van der Waals surface area contributed by atoms with Gasteiger partial charge in [0, 0.05) is 31.1 Å². The first-order valence-electron chi connectivity index (χ1n) is 8.45. The van der Waals surface area contributed by atoms with Crippen molar-refractivity contribution in [3.63, 3.8) is 0 Å². The highest BCUT2D eigenvalue weighted by Gasteiger charge is 2.33. The average molecular weight is 304 g/mol. The SMILES string of the molecule is CC1(C)CC(NCCCN2CCOCC2)c2ccccc2O1. The number of nitrogens with one attached hydrogen (secondary N) is 1. The van der Waals surface area contributed by atoms with Gasteiger partial charge in [-0.05, 0) is 39.4 Å². The molecule has 0 bridgehead atoms. The number of rotatable bonds is 5. The number of benzene rings is 1. The van der Waals surface area contributed by atoms with Crippen LogP contribution in [0.25, 0.3) is 0 Å². The van der Waals surface area contributed by atoms with Gasteiger partial charge in [0.05, 0.1) is 13.2 Å². The molecule has 0 aromatic heterocycles. The van der Waals surface area contributed by atoms with Crippen LogP contribution in [0.3, 0.4) is 0 Å². The topological polar surface area (TPSA) is 33.7 Å². The Morgan fingerprint density at radius 2 is 2.00 bits per heavy atom. The van der Waals surface area contributed by atoms with Gasteiger partial charge in [-0.15, -0.1) is 0 Å². The van der Waals surface area contributed by atoms with E-state index < -0.39 is 0 Å². The van der Waals surface area contributed by atoms with Crippen LogP contribution in [0.4, 0.5) is 0 Å². The standard InChI is InChI=1S/C18H28N2O2/c1-18(2)14-16(15-6-3-4-7-17(15)22-18)19-8-5-9-20-10-12-21-13-11-20/h3-4,6-7,16,19H,5,8-14H2,1-2H3. The molecule has 2 aliphatic heterocycles. The van der Waals surface area contributed by atoms with Crippen molar-refractivity contribution in [2.45, 2.75) is 38.3 Å². The van der Waals surface area contributed by atoms with Crippen LogP contribution < -0.4 is 10.1 Å². The number of hydrogen-bond acceptors (Lipinski definition) is 4. The molecule has 1 atom stereocenters. The summed E-state index contributed by atoms with van der Waals surface area (Å²) in [7, 11) is 0. The molecule has 2 aliphatic rings. The Morgan fingerprint density at radius 1 is 1.23 bits per heavy atom. The van der Waals surface area contributed by atoms with Crippen LogP contribution >= 0.6 is 0 Å². The fourth-order valence-corrected chi connectivity index (χ4v) is 3.39. The summed E-state index contributed by atoms with van der Waals surface area (Å²) in [4.78, 5) is 2.49. The van der Waals surface area contributed by atoms with Gasteiger partial charge in [0.1, 0.15) is 11.4 Å². The van der Waals surface area contributed by atoms with E-state index in [0.29, 0.717) is 6.04 Å². The van der Waals surface area contributed by atoms with Crippen molar-refractivity contribution >= 4 is 0 Å². The predicted molar refractivity (Wildman–Crippen MR) is 88.4 cm³/mol. The third kappa shape index (κ3) is 4.00. The smallest absolute Gasteiger partial charge is 0.124 e. The zero-order chi connectivity index (χ0) is 15.4. The summed E-state index contributed by atoms with van der Waals surface area (Å²) in [6.45, 7) is 10.5. The lowest BCUT2D eigenvalue weighted by molar-refractivity contribution is 0.0368. The maximum Gasteiger partial charge on any atom is 0.124 e. The van der Waals surface area contributed by atoms with Crippen molar-refractivity contribution in [1.29, 1.82) is 0 Å². The molecule has 0 aliphatic carbocycles. The van der Waals surface area contributed by atoms with E-state index in [-0.39, 0.29) is 5.60 Å². The summed E-state index contributed by atoms with van der Waals surface area (Å²) in [5.74, 6) is 1.03. The lowest BCUT2D eigenvalue weighted by Crippen LogP contribution is -2.41. The van der Waals surface area contributed by atoms with Gasteiger partial charge in [-0.25, -0.2) is 0 Å². The Hall–Kier alpha value is -1.10. The van der Waals surface area contributed by atoms with Gasteiger partial charge in [-0.2, -0.15) is 0 Å². The van der Waals surface area contributed by atoms with Gasteiger partial charge < -0.3 is 14.8 Å². The molecule has 0 spiro atoms. The van der Waals surface area contributed by atoms with Crippen LogP contribution in [0.1, 0.15) is 38.3 Å². The fourth-order valence-electron chi connectivity index (χ4n) is 3.39. The van der Waals surface area contributed by atoms with Crippen molar-refractivity contribution in [3.05, 3.63) is 29.8 Å². The van der Waals surface area contributed by atoms with Gasteiger partial charge in [-0.1, -0.05) is 18.2 Å². The number of ether oxygens (including phenoxy) is 2. The normalized spacial score (nSPS) is 24.5. The molecule has 1 aromatic rings. The summed E-state index contributed by atoms with van der Waals surface area (Å²) in [5, 5.41) is 3.74. The Bertz CT molecular complexity index is 484. The maximum atomic E-state index is 6.09. The second kappa shape index (κ2) is 6.99. The van der Waals surface area contributed by atoms with E-state index in [2.05, 4.69) is 48.3 Å². The first-order valence-corrected chi connectivity index (χ1v) is 8.45. The molecule has 1 unspecified atom stereocenters. The molecule has 122 valence electrons. The number of hydrogen-bond donors (Lipinski definition) is 1. The number of para-hydroxylation sites is 1. The monoisotopic (exact) mass is 304 g/mol. The molecule has 4 nitrogen and oxygen atoms in total. The number of fused-ring (bicyclic) bond motifs is 1. The van der Waals surface area contributed by atoms with Gasteiger partial charge in [0.15, 0.2) is 0 Å². The summed E-state index contributed by atoms with van der Waals surface area (Å²) >= 11 is 0. The summed E-state index contributed by atoms with van der Waals surface area (Å²) in [6, 6.07) is 8.81. The molecular weight excluding hydrogens is 276 g/mol. The van der Waals surface area contributed by atoms with E-state index in [1.807, 2.05) is 0 Å². The van der Waals surface area contributed by atoms with Crippen molar-refractivity contribution in [2.24, 2.45) is 0 Å². The minimum atomic E-state index is -0.101. The Balaban J connectivity index is 1.51. The highest BCUT2D eigenvalue weighted by molar-refractivity contribution is 5.38. The minimum Gasteiger partial charge on any atom is -0.487 e. The minimum absolute atomic E-state index is 0.101. The summed E-state index contributed by atoms with van der Waals surface area (Å²) in [6.07, 6.45) is 2.20. The maximum absolute atomic E-state index is 6.09. The molecule has 4 heteroatoms. The van der Waals surface area contributed by atoms with E-state index in [1.165, 1.54) is 12.0 Å². The summed E-state index contributed by atoms with van der Waals surface area (Å²) < 4.78 is 11.5. The van der Waals surface area contributed by atoms with E-state index in [9.17, 15) is 0 Å².